The van der Waals surface area contributed by atoms with Crippen molar-refractivity contribution in [3.63, 3.8) is 0 Å². The monoisotopic (exact) mass is 138 g/mol. The molecule has 0 atom stereocenters. The van der Waals surface area contributed by atoms with Crippen molar-refractivity contribution in [2.45, 2.75) is 0 Å². The normalized spacial score (nSPS) is 8.70. The van der Waals surface area contributed by atoms with E-state index in [2.05, 4.69) is 15.0 Å². The number of aromatic nitrogens is 2. The zero-order valence-electron chi connectivity index (χ0n) is 4.74. The third-order valence-electron chi connectivity index (χ3n) is 0.862. The molecule has 50 valence electrons. The highest BCUT2D eigenvalue weighted by Gasteiger charge is 2.09. The maximum atomic E-state index is 9.96. The maximum Gasteiger partial charge on any atom is 0.349 e. The van der Waals surface area contributed by atoms with Gasteiger partial charge in [-0.3, -0.25) is 0 Å². The Kier molecular flexibility index (Phi) is 1.33. The van der Waals surface area contributed by atoms with Gasteiger partial charge in [-0.15, -0.1) is 0 Å². The van der Waals surface area contributed by atoms with Gasteiger partial charge in [0.15, 0.2) is 0 Å². The van der Waals surface area contributed by atoms with E-state index in [1.165, 1.54) is 0 Å². The van der Waals surface area contributed by atoms with Crippen LogP contribution in [-0.4, -0.2) is 15.1 Å². The predicted octanol–water partition coefficient (Wildman–Crippen LogP) is 0.869. The van der Waals surface area contributed by atoms with Gasteiger partial charge in [0.2, 0.25) is 0 Å². The standard InChI is InChI=1S/C4H2N4O2/c1-5-3-2-4(7-6-3)8(9)10/h2H,(H,6,7). The Labute approximate surface area is 55.4 Å². The van der Waals surface area contributed by atoms with Crippen LogP contribution in [-0.2, 0) is 0 Å². The van der Waals surface area contributed by atoms with Crippen molar-refractivity contribution in [3.05, 3.63) is 27.6 Å². The molecule has 0 aliphatic heterocycles. The molecule has 10 heavy (non-hydrogen) atoms. The van der Waals surface area contributed by atoms with Crippen LogP contribution in [0.4, 0.5) is 11.6 Å². The van der Waals surface area contributed by atoms with E-state index in [9.17, 15) is 10.1 Å². The maximum absolute atomic E-state index is 9.96. The minimum atomic E-state index is -0.637. The number of nitrogens with one attached hydrogen (secondary N) is 1. The summed E-state index contributed by atoms with van der Waals surface area (Å²) in [5.74, 6) is -0.252. The van der Waals surface area contributed by atoms with Crippen LogP contribution in [0.5, 0.6) is 0 Å². The third kappa shape index (κ3) is 0.925. The number of nitrogens with zero attached hydrogens (tertiary/aromatic N) is 3. The zero-order chi connectivity index (χ0) is 7.56. The summed E-state index contributed by atoms with van der Waals surface area (Å²) in [5.41, 5.74) is 0. The molecule has 0 aliphatic rings. The molecule has 0 amide bonds. The van der Waals surface area contributed by atoms with E-state index in [0.29, 0.717) is 0 Å². The molecular weight excluding hydrogens is 136 g/mol. The third-order valence-corrected chi connectivity index (χ3v) is 0.862. The van der Waals surface area contributed by atoms with Gasteiger partial charge in [0.05, 0.1) is 11.2 Å². The van der Waals surface area contributed by atoms with Crippen molar-refractivity contribution >= 4 is 11.6 Å². The number of rotatable bonds is 1. The van der Waals surface area contributed by atoms with E-state index in [1.807, 2.05) is 0 Å². The molecule has 0 spiro atoms. The highest BCUT2D eigenvalue weighted by atomic mass is 16.6. The zero-order valence-corrected chi connectivity index (χ0v) is 4.74. The van der Waals surface area contributed by atoms with Crippen molar-refractivity contribution in [1.82, 2.24) is 10.2 Å². The molecule has 0 aromatic carbocycles. The van der Waals surface area contributed by atoms with E-state index in [0.717, 1.165) is 6.07 Å². The molecule has 0 unspecified atom stereocenters. The number of nitro groups is 1. The van der Waals surface area contributed by atoms with Crippen molar-refractivity contribution in [2.24, 2.45) is 0 Å². The Balaban J connectivity index is 3.02. The molecule has 1 rings (SSSR count). The SMILES string of the molecule is [C-]#[N+]c1cc([N+](=O)[O-])[nH]n1. The minimum Gasteiger partial charge on any atom is -0.358 e. The van der Waals surface area contributed by atoms with Crippen LogP contribution < -0.4 is 0 Å². The molecule has 0 radical (unpaired) electrons. The quantitative estimate of drug-likeness (QED) is 0.355. The van der Waals surface area contributed by atoms with E-state index >= 15 is 0 Å². The molecule has 6 heteroatoms. The lowest BCUT2D eigenvalue weighted by Crippen LogP contribution is -1.86. The largest absolute Gasteiger partial charge is 0.358 e. The molecule has 1 aromatic heterocycles. The summed E-state index contributed by atoms with van der Waals surface area (Å²) in [6.45, 7) is 6.42. The number of H-pyrrole nitrogens is 1. The van der Waals surface area contributed by atoms with Gasteiger partial charge in [0, 0.05) is 0 Å². The fourth-order valence-corrected chi connectivity index (χ4v) is 0.452. The fraction of sp³-hybridized carbons (Fsp3) is 0. The van der Waals surface area contributed by atoms with Gasteiger partial charge in [0.25, 0.3) is 0 Å². The molecule has 0 fully saturated rings. The summed E-state index contributed by atoms with van der Waals surface area (Å²) in [7, 11) is 0. The molecule has 0 saturated heterocycles. The average molecular weight is 138 g/mol. The summed E-state index contributed by atoms with van der Waals surface area (Å²) >= 11 is 0. The Morgan fingerprint density at radius 3 is 2.90 bits per heavy atom. The second-order valence-electron chi connectivity index (χ2n) is 1.48. The molecule has 0 saturated carbocycles. The summed E-state index contributed by atoms with van der Waals surface area (Å²) in [6, 6.07) is 1.08. The second-order valence-corrected chi connectivity index (χ2v) is 1.48. The second kappa shape index (κ2) is 2.14. The highest BCUT2D eigenvalue weighted by Crippen LogP contribution is 2.13. The van der Waals surface area contributed by atoms with Crippen LogP contribution in [0.15, 0.2) is 6.07 Å². The minimum absolute atomic E-state index is 0.00620. The van der Waals surface area contributed by atoms with Gasteiger partial charge in [-0.05, 0) is 4.92 Å². The molecule has 6 nitrogen and oxygen atoms in total. The van der Waals surface area contributed by atoms with Gasteiger partial charge in [-0.25, -0.2) is 0 Å². The van der Waals surface area contributed by atoms with Crippen molar-refractivity contribution in [2.75, 3.05) is 0 Å². The lowest BCUT2D eigenvalue weighted by molar-refractivity contribution is -0.389. The Bertz CT molecular complexity index is 296. The molecule has 1 heterocycles. The lowest BCUT2D eigenvalue weighted by Gasteiger charge is -1.82. The van der Waals surface area contributed by atoms with Crippen LogP contribution in [0.3, 0.4) is 0 Å². The first-order chi connectivity index (χ1) is 4.74. The van der Waals surface area contributed by atoms with Gasteiger partial charge in [-0.1, -0.05) is 11.7 Å². The smallest absolute Gasteiger partial charge is 0.349 e. The summed E-state index contributed by atoms with van der Waals surface area (Å²) in [6.07, 6.45) is 0. The van der Waals surface area contributed by atoms with Crippen LogP contribution in [0.1, 0.15) is 0 Å². The van der Waals surface area contributed by atoms with Gasteiger partial charge < -0.3 is 15.0 Å². The van der Waals surface area contributed by atoms with E-state index in [4.69, 9.17) is 6.57 Å². The Morgan fingerprint density at radius 2 is 2.60 bits per heavy atom. The molecule has 0 bridgehead atoms. The van der Waals surface area contributed by atoms with Crippen molar-refractivity contribution < 1.29 is 4.92 Å². The van der Waals surface area contributed by atoms with E-state index < -0.39 is 4.92 Å². The van der Waals surface area contributed by atoms with Gasteiger partial charge in [-0.2, -0.15) is 0 Å². The number of hydrogen-bond acceptors (Lipinski definition) is 3. The van der Waals surface area contributed by atoms with Crippen LogP contribution in [0.2, 0.25) is 0 Å². The number of hydrogen-bond donors (Lipinski definition) is 1. The van der Waals surface area contributed by atoms with E-state index in [1.54, 1.807) is 0 Å². The fourth-order valence-electron chi connectivity index (χ4n) is 0.452. The van der Waals surface area contributed by atoms with Gasteiger partial charge in [0.1, 0.15) is 0 Å². The lowest BCUT2D eigenvalue weighted by atomic mass is 10.6. The summed E-state index contributed by atoms with van der Waals surface area (Å²) in [5, 5.41) is 15.4. The molecule has 0 aliphatic carbocycles. The van der Waals surface area contributed by atoms with Crippen molar-refractivity contribution in [1.29, 1.82) is 0 Å². The van der Waals surface area contributed by atoms with Gasteiger partial charge >= 0.3 is 11.6 Å². The highest BCUT2D eigenvalue weighted by molar-refractivity contribution is 5.41. The summed E-state index contributed by atoms with van der Waals surface area (Å²) in [4.78, 5) is 12.2. The van der Waals surface area contributed by atoms with Crippen molar-refractivity contribution in [3.8, 4) is 0 Å². The van der Waals surface area contributed by atoms with E-state index in [-0.39, 0.29) is 11.6 Å². The Morgan fingerprint density at radius 1 is 1.90 bits per heavy atom. The first-order valence-electron chi connectivity index (χ1n) is 2.31. The van der Waals surface area contributed by atoms with Crippen LogP contribution >= 0.6 is 0 Å². The van der Waals surface area contributed by atoms with Crippen LogP contribution in [0.25, 0.3) is 4.85 Å². The topological polar surface area (TPSA) is 76.2 Å². The first kappa shape index (κ1) is 6.22. The molecular formula is C4H2N4O2. The Hall–Kier alpha value is -1.90. The first-order valence-corrected chi connectivity index (χ1v) is 2.31. The summed E-state index contributed by atoms with van der Waals surface area (Å²) < 4.78 is 0. The molecule has 1 N–H and O–H groups in total. The average Bonchev–Trinajstić information content (AvgIpc) is 2.34. The predicted molar refractivity (Wildman–Crippen MR) is 31.5 cm³/mol. The molecule has 1 aromatic rings. The van der Waals surface area contributed by atoms with Crippen LogP contribution in [0, 0.1) is 16.7 Å². The number of aromatic amines is 1.